The zero-order valence-electron chi connectivity index (χ0n) is 15.7. The molecule has 28 heavy (non-hydrogen) atoms. The number of imidazole rings is 1. The van der Waals surface area contributed by atoms with Crippen molar-refractivity contribution in [3.8, 4) is 0 Å². The zero-order chi connectivity index (χ0) is 19.9. The number of halogens is 1. The van der Waals surface area contributed by atoms with Gasteiger partial charge in [0.2, 0.25) is 5.82 Å². The lowest BCUT2D eigenvalue weighted by Crippen LogP contribution is -2.27. The van der Waals surface area contributed by atoms with Crippen LogP contribution in [-0.2, 0) is 6.54 Å². The summed E-state index contributed by atoms with van der Waals surface area (Å²) in [4.78, 5) is 29.4. The molecule has 2 aromatic heterocycles. The monoisotopic (exact) mass is 382 g/mol. The van der Waals surface area contributed by atoms with Crippen LogP contribution >= 0.6 is 0 Å². The molecule has 0 unspecified atom stereocenters. The van der Waals surface area contributed by atoms with Gasteiger partial charge in [0.05, 0.1) is 5.52 Å². The molecule has 2 N–H and O–H groups in total. The zero-order valence-corrected chi connectivity index (χ0v) is 15.7. The molecule has 0 saturated heterocycles. The molecule has 0 aliphatic heterocycles. The third kappa shape index (κ3) is 4.54. The summed E-state index contributed by atoms with van der Waals surface area (Å²) in [5.74, 6) is -0.850. The summed E-state index contributed by atoms with van der Waals surface area (Å²) in [7, 11) is 0. The molecule has 7 heteroatoms. The van der Waals surface area contributed by atoms with E-state index in [-0.39, 0.29) is 29.8 Å². The largest absolute Gasteiger partial charge is 0.349 e. The second-order valence-corrected chi connectivity index (χ2v) is 6.51. The van der Waals surface area contributed by atoms with Crippen molar-refractivity contribution in [2.75, 3.05) is 6.54 Å². The van der Waals surface area contributed by atoms with E-state index >= 15 is 0 Å². The van der Waals surface area contributed by atoms with Gasteiger partial charge in [0, 0.05) is 19.3 Å². The van der Waals surface area contributed by atoms with E-state index in [4.69, 9.17) is 0 Å². The van der Waals surface area contributed by atoms with Crippen molar-refractivity contribution in [3.63, 3.8) is 0 Å². The van der Waals surface area contributed by atoms with Gasteiger partial charge in [-0.25, -0.2) is 9.37 Å². The predicted molar refractivity (Wildman–Crippen MR) is 105 cm³/mol. The van der Waals surface area contributed by atoms with Gasteiger partial charge in [0.15, 0.2) is 5.69 Å². The first-order chi connectivity index (χ1) is 13.6. The van der Waals surface area contributed by atoms with E-state index in [1.54, 1.807) is 40.9 Å². The molecular formula is C21H23FN4O2. The highest BCUT2D eigenvalue weighted by Gasteiger charge is 2.21. The van der Waals surface area contributed by atoms with Gasteiger partial charge in [0.25, 0.3) is 11.8 Å². The van der Waals surface area contributed by atoms with Crippen LogP contribution in [0, 0.1) is 5.82 Å². The number of amides is 2. The summed E-state index contributed by atoms with van der Waals surface area (Å²) in [5.41, 5.74) is 1.51. The normalized spacial score (nSPS) is 10.8. The van der Waals surface area contributed by atoms with Crippen molar-refractivity contribution in [2.45, 2.75) is 32.7 Å². The maximum absolute atomic E-state index is 13.0. The average Bonchev–Trinajstić information content (AvgIpc) is 3.10. The first-order valence-corrected chi connectivity index (χ1v) is 9.38. The molecule has 3 aromatic rings. The Morgan fingerprint density at radius 3 is 2.57 bits per heavy atom. The van der Waals surface area contributed by atoms with Crippen LogP contribution in [0.3, 0.4) is 0 Å². The SMILES string of the molecule is CCCCCNC(=O)c1nc(C(=O)NCc2ccc(F)cc2)c2ccccn12. The number of aromatic nitrogens is 2. The Bertz CT molecular complexity index is 966. The number of carbonyl (C=O) groups excluding carboxylic acids is 2. The lowest BCUT2D eigenvalue weighted by molar-refractivity contribution is 0.0941. The van der Waals surface area contributed by atoms with Crippen molar-refractivity contribution in [3.05, 3.63) is 71.6 Å². The maximum Gasteiger partial charge on any atom is 0.287 e. The van der Waals surface area contributed by atoms with Crippen molar-refractivity contribution in [1.29, 1.82) is 0 Å². The Balaban J connectivity index is 1.76. The molecule has 0 spiro atoms. The number of pyridine rings is 1. The number of carbonyl (C=O) groups is 2. The lowest BCUT2D eigenvalue weighted by atomic mass is 10.2. The average molecular weight is 382 g/mol. The summed E-state index contributed by atoms with van der Waals surface area (Å²) in [6.07, 6.45) is 4.72. The molecule has 6 nitrogen and oxygen atoms in total. The minimum Gasteiger partial charge on any atom is -0.349 e. The standard InChI is InChI=1S/C21H23FN4O2/c1-2-3-5-12-23-21(28)19-25-18(17-7-4-6-13-26(17)19)20(27)24-14-15-8-10-16(22)11-9-15/h4,6-11,13H,2-3,5,12,14H2,1H3,(H,23,28)(H,24,27). The number of hydrogen-bond acceptors (Lipinski definition) is 3. The molecule has 0 aliphatic rings. The fourth-order valence-corrected chi connectivity index (χ4v) is 2.89. The van der Waals surface area contributed by atoms with Crippen molar-refractivity contribution in [2.24, 2.45) is 0 Å². The van der Waals surface area contributed by atoms with Crippen molar-refractivity contribution in [1.82, 2.24) is 20.0 Å². The van der Waals surface area contributed by atoms with Crippen LogP contribution in [0.5, 0.6) is 0 Å². The fraction of sp³-hybridized carbons (Fsp3) is 0.286. The van der Waals surface area contributed by atoms with Gasteiger partial charge >= 0.3 is 0 Å². The summed E-state index contributed by atoms with van der Waals surface area (Å²) in [5, 5.41) is 5.62. The number of rotatable bonds is 8. The summed E-state index contributed by atoms with van der Waals surface area (Å²) in [6.45, 7) is 2.91. The number of nitrogens with one attached hydrogen (secondary N) is 2. The predicted octanol–water partition coefficient (Wildman–Crippen LogP) is 3.32. The van der Waals surface area contributed by atoms with E-state index in [0.717, 1.165) is 24.8 Å². The van der Waals surface area contributed by atoms with Crippen LogP contribution in [0.1, 0.15) is 52.9 Å². The Kier molecular flexibility index (Phi) is 6.37. The third-order valence-corrected chi connectivity index (χ3v) is 4.40. The van der Waals surface area contributed by atoms with Gasteiger partial charge in [-0.1, -0.05) is 38.0 Å². The van der Waals surface area contributed by atoms with E-state index in [1.807, 2.05) is 0 Å². The van der Waals surface area contributed by atoms with Crippen LogP contribution in [0.2, 0.25) is 0 Å². The van der Waals surface area contributed by atoms with Gasteiger partial charge in [-0.2, -0.15) is 0 Å². The van der Waals surface area contributed by atoms with Crippen LogP contribution in [0.25, 0.3) is 5.52 Å². The van der Waals surface area contributed by atoms with Gasteiger partial charge in [-0.3, -0.25) is 14.0 Å². The Labute approximate surface area is 162 Å². The molecule has 1 aromatic carbocycles. The summed E-state index contributed by atoms with van der Waals surface area (Å²) < 4.78 is 14.6. The van der Waals surface area contributed by atoms with E-state index < -0.39 is 5.91 Å². The quantitative estimate of drug-likeness (QED) is 0.587. The van der Waals surface area contributed by atoms with Crippen LogP contribution in [0.4, 0.5) is 4.39 Å². The van der Waals surface area contributed by atoms with E-state index in [9.17, 15) is 14.0 Å². The van der Waals surface area contributed by atoms with E-state index in [2.05, 4.69) is 22.5 Å². The molecule has 0 saturated carbocycles. The molecule has 3 rings (SSSR count). The summed E-state index contributed by atoms with van der Waals surface area (Å²) in [6, 6.07) is 11.2. The molecule has 0 aliphatic carbocycles. The highest BCUT2D eigenvalue weighted by atomic mass is 19.1. The first-order valence-electron chi connectivity index (χ1n) is 9.38. The smallest absolute Gasteiger partial charge is 0.287 e. The molecule has 2 amide bonds. The minimum absolute atomic E-state index is 0.180. The van der Waals surface area contributed by atoms with Crippen LogP contribution in [-0.4, -0.2) is 27.7 Å². The van der Waals surface area contributed by atoms with Gasteiger partial charge in [0.1, 0.15) is 5.82 Å². The van der Waals surface area contributed by atoms with Crippen LogP contribution in [0.15, 0.2) is 48.7 Å². The molecule has 0 bridgehead atoms. The molecule has 0 fully saturated rings. The lowest BCUT2D eigenvalue weighted by Gasteiger charge is -2.04. The third-order valence-electron chi connectivity index (χ3n) is 4.40. The Hall–Kier alpha value is -3.22. The molecule has 0 radical (unpaired) electrons. The second kappa shape index (κ2) is 9.12. The maximum atomic E-state index is 13.0. The van der Waals surface area contributed by atoms with E-state index in [1.165, 1.54) is 12.1 Å². The number of fused-ring (bicyclic) bond motifs is 1. The number of hydrogen-bond donors (Lipinski definition) is 2. The number of benzene rings is 1. The first kappa shape index (κ1) is 19.5. The Morgan fingerprint density at radius 1 is 1.04 bits per heavy atom. The number of nitrogens with zero attached hydrogens (tertiary/aromatic N) is 2. The summed E-state index contributed by atoms with van der Waals surface area (Å²) >= 11 is 0. The van der Waals surface area contributed by atoms with Gasteiger partial charge in [-0.05, 0) is 36.2 Å². The molecule has 2 heterocycles. The number of unbranched alkanes of at least 4 members (excludes halogenated alkanes) is 2. The highest BCUT2D eigenvalue weighted by Crippen LogP contribution is 2.14. The second-order valence-electron chi connectivity index (χ2n) is 6.51. The van der Waals surface area contributed by atoms with E-state index in [0.29, 0.717) is 12.1 Å². The molecule has 146 valence electrons. The molecule has 0 atom stereocenters. The van der Waals surface area contributed by atoms with Crippen molar-refractivity contribution >= 4 is 17.3 Å². The fourth-order valence-electron chi connectivity index (χ4n) is 2.89. The van der Waals surface area contributed by atoms with Crippen molar-refractivity contribution < 1.29 is 14.0 Å². The van der Waals surface area contributed by atoms with Gasteiger partial charge in [-0.15, -0.1) is 0 Å². The highest BCUT2D eigenvalue weighted by molar-refractivity contribution is 6.02. The topological polar surface area (TPSA) is 75.5 Å². The van der Waals surface area contributed by atoms with Gasteiger partial charge < -0.3 is 10.6 Å². The minimum atomic E-state index is -0.391. The Morgan fingerprint density at radius 2 is 1.82 bits per heavy atom. The molecular weight excluding hydrogens is 359 g/mol. The van der Waals surface area contributed by atoms with Crippen LogP contribution < -0.4 is 10.6 Å².